The molecule has 3 rings (SSSR count). The van der Waals surface area contributed by atoms with Crippen molar-refractivity contribution in [3.63, 3.8) is 0 Å². The van der Waals surface area contributed by atoms with Crippen molar-refractivity contribution < 1.29 is 19.1 Å². The Morgan fingerprint density at radius 3 is 2.12 bits per heavy atom. The van der Waals surface area contributed by atoms with Crippen molar-refractivity contribution >= 4 is 23.2 Å². The molecule has 2 N–H and O–H groups in total. The molecule has 2 amide bonds. The summed E-state index contributed by atoms with van der Waals surface area (Å²) < 4.78 is 11.2. The minimum Gasteiger partial charge on any atom is -0.485 e. The zero-order valence-corrected chi connectivity index (χ0v) is 15.0. The van der Waals surface area contributed by atoms with Crippen LogP contribution >= 0.6 is 0 Å². The van der Waals surface area contributed by atoms with Gasteiger partial charge in [-0.05, 0) is 36.4 Å². The second kappa shape index (κ2) is 7.07. The standard InChI is InChI=1S/C20H22N2O4/c1-20(2,3)19(24)22-14-10-8-13(9-11-14)21-18(23)17-12-25-15-6-4-5-7-16(15)26-17/h4-11,17H,12H2,1-3H3,(H,21,23)(H,22,24). The molecule has 0 aromatic heterocycles. The van der Waals surface area contributed by atoms with Gasteiger partial charge < -0.3 is 20.1 Å². The molecular formula is C20H22N2O4. The quantitative estimate of drug-likeness (QED) is 0.885. The SMILES string of the molecule is CC(C)(C)C(=O)Nc1ccc(NC(=O)C2COc3ccccc3O2)cc1. The van der Waals surface area contributed by atoms with E-state index in [0.29, 0.717) is 22.9 Å². The molecule has 0 spiro atoms. The first-order chi connectivity index (χ1) is 12.3. The number of para-hydroxylation sites is 2. The van der Waals surface area contributed by atoms with E-state index in [1.807, 2.05) is 32.9 Å². The molecule has 0 aliphatic carbocycles. The molecule has 1 aliphatic heterocycles. The summed E-state index contributed by atoms with van der Waals surface area (Å²) in [5.41, 5.74) is 0.821. The second-order valence-electron chi connectivity index (χ2n) is 7.13. The van der Waals surface area contributed by atoms with Crippen molar-refractivity contribution in [2.45, 2.75) is 26.9 Å². The number of nitrogens with one attached hydrogen (secondary N) is 2. The largest absolute Gasteiger partial charge is 0.485 e. The topological polar surface area (TPSA) is 76.7 Å². The maximum atomic E-state index is 12.4. The summed E-state index contributed by atoms with van der Waals surface area (Å²) in [6.07, 6.45) is -0.717. The average molecular weight is 354 g/mol. The van der Waals surface area contributed by atoms with Crippen LogP contribution < -0.4 is 20.1 Å². The molecular weight excluding hydrogens is 332 g/mol. The van der Waals surface area contributed by atoms with Crippen molar-refractivity contribution in [3.8, 4) is 11.5 Å². The molecule has 2 aromatic rings. The van der Waals surface area contributed by atoms with Crippen LogP contribution in [0.5, 0.6) is 11.5 Å². The van der Waals surface area contributed by atoms with Crippen molar-refractivity contribution in [1.82, 2.24) is 0 Å². The number of rotatable bonds is 3. The Bertz CT molecular complexity index is 809. The second-order valence-corrected chi connectivity index (χ2v) is 7.13. The van der Waals surface area contributed by atoms with Crippen LogP contribution in [0.1, 0.15) is 20.8 Å². The lowest BCUT2D eigenvalue weighted by Gasteiger charge is -2.25. The molecule has 136 valence electrons. The molecule has 0 saturated carbocycles. The van der Waals surface area contributed by atoms with Gasteiger partial charge in [0.25, 0.3) is 5.91 Å². The number of hydrogen-bond donors (Lipinski definition) is 2. The molecule has 0 bridgehead atoms. The van der Waals surface area contributed by atoms with Crippen LogP contribution in [0, 0.1) is 5.41 Å². The highest BCUT2D eigenvalue weighted by Gasteiger charge is 2.27. The van der Waals surface area contributed by atoms with Crippen LogP contribution in [0.2, 0.25) is 0 Å². The summed E-state index contributed by atoms with van der Waals surface area (Å²) in [6.45, 7) is 5.70. The highest BCUT2D eigenvalue weighted by molar-refractivity contribution is 5.96. The minimum atomic E-state index is -0.717. The molecule has 0 fully saturated rings. The Morgan fingerprint density at radius 2 is 1.50 bits per heavy atom. The van der Waals surface area contributed by atoms with Gasteiger partial charge in [-0.15, -0.1) is 0 Å². The van der Waals surface area contributed by atoms with Crippen molar-refractivity contribution in [3.05, 3.63) is 48.5 Å². The normalized spacial score (nSPS) is 15.9. The molecule has 1 heterocycles. The first-order valence-corrected chi connectivity index (χ1v) is 8.44. The fourth-order valence-electron chi connectivity index (χ4n) is 2.33. The van der Waals surface area contributed by atoms with Crippen molar-refractivity contribution in [2.75, 3.05) is 17.2 Å². The van der Waals surface area contributed by atoms with E-state index in [1.165, 1.54) is 0 Å². The van der Waals surface area contributed by atoms with E-state index in [4.69, 9.17) is 9.47 Å². The zero-order chi connectivity index (χ0) is 18.7. The molecule has 0 saturated heterocycles. The van der Waals surface area contributed by atoms with Crippen molar-refractivity contribution in [2.24, 2.45) is 5.41 Å². The average Bonchev–Trinajstić information content (AvgIpc) is 2.62. The van der Waals surface area contributed by atoms with E-state index in [0.717, 1.165) is 0 Å². The van der Waals surface area contributed by atoms with Crippen LogP contribution in [0.15, 0.2) is 48.5 Å². The summed E-state index contributed by atoms with van der Waals surface area (Å²) in [4.78, 5) is 24.4. The van der Waals surface area contributed by atoms with Gasteiger partial charge in [-0.25, -0.2) is 0 Å². The van der Waals surface area contributed by atoms with Crippen LogP contribution in [-0.2, 0) is 9.59 Å². The Balaban J connectivity index is 1.59. The van der Waals surface area contributed by atoms with E-state index in [2.05, 4.69) is 10.6 Å². The van der Waals surface area contributed by atoms with Gasteiger partial charge in [-0.3, -0.25) is 9.59 Å². The Labute approximate surface area is 152 Å². The summed E-state index contributed by atoms with van der Waals surface area (Å²) in [6, 6.07) is 14.2. The third kappa shape index (κ3) is 4.14. The van der Waals surface area contributed by atoms with E-state index in [9.17, 15) is 9.59 Å². The Hall–Kier alpha value is -3.02. The lowest BCUT2D eigenvalue weighted by atomic mass is 9.95. The van der Waals surface area contributed by atoms with Crippen LogP contribution in [0.4, 0.5) is 11.4 Å². The summed E-state index contributed by atoms with van der Waals surface area (Å²) in [5.74, 6) is 0.835. The highest BCUT2D eigenvalue weighted by atomic mass is 16.6. The Kier molecular flexibility index (Phi) is 4.84. The molecule has 1 aliphatic rings. The highest BCUT2D eigenvalue weighted by Crippen LogP contribution is 2.31. The van der Waals surface area contributed by atoms with Gasteiger partial charge in [0.05, 0.1) is 0 Å². The number of carbonyl (C=O) groups is 2. The number of fused-ring (bicyclic) bond motifs is 1. The molecule has 6 heteroatoms. The number of amides is 2. The van der Waals surface area contributed by atoms with Gasteiger partial charge in [0.1, 0.15) is 6.61 Å². The minimum absolute atomic E-state index is 0.0688. The zero-order valence-electron chi connectivity index (χ0n) is 15.0. The van der Waals surface area contributed by atoms with E-state index in [1.54, 1.807) is 36.4 Å². The smallest absolute Gasteiger partial charge is 0.269 e. The summed E-state index contributed by atoms with van der Waals surface area (Å²) in [5, 5.41) is 5.64. The Morgan fingerprint density at radius 1 is 0.923 bits per heavy atom. The number of carbonyl (C=O) groups excluding carboxylic acids is 2. The van der Waals surface area contributed by atoms with Crippen LogP contribution in [0.25, 0.3) is 0 Å². The summed E-state index contributed by atoms with van der Waals surface area (Å²) in [7, 11) is 0. The number of hydrogen-bond acceptors (Lipinski definition) is 4. The first-order valence-electron chi connectivity index (χ1n) is 8.44. The van der Waals surface area contributed by atoms with Crippen molar-refractivity contribution in [1.29, 1.82) is 0 Å². The molecule has 2 aromatic carbocycles. The lowest BCUT2D eigenvalue weighted by molar-refractivity contribution is -0.125. The monoisotopic (exact) mass is 354 g/mol. The van der Waals surface area contributed by atoms with E-state index in [-0.39, 0.29) is 18.4 Å². The molecule has 26 heavy (non-hydrogen) atoms. The number of anilines is 2. The van der Waals surface area contributed by atoms with E-state index < -0.39 is 11.5 Å². The molecule has 1 atom stereocenters. The third-order valence-electron chi connectivity index (χ3n) is 3.89. The first kappa shape index (κ1) is 17.8. The summed E-state index contributed by atoms with van der Waals surface area (Å²) >= 11 is 0. The van der Waals surface area contributed by atoms with Crippen LogP contribution in [-0.4, -0.2) is 24.5 Å². The molecule has 6 nitrogen and oxygen atoms in total. The predicted octanol–water partition coefficient (Wildman–Crippen LogP) is 3.45. The fraction of sp³-hybridized carbons (Fsp3) is 0.300. The fourth-order valence-corrected chi connectivity index (χ4v) is 2.33. The maximum absolute atomic E-state index is 12.4. The maximum Gasteiger partial charge on any atom is 0.269 e. The van der Waals surface area contributed by atoms with Crippen LogP contribution in [0.3, 0.4) is 0 Å². The predicted molar refractivity (Wildman–Crippen MR) is 99.5 cm³/mol. The van der Waals surface area contributed by atoms with Gasteiger partial charge in [-0.1, -0.05) is 32.9 Å². The van der Waals surface area contributed by atoms with Gasteiger partial charge in [0, 0.05) is 16.8 Å². The third-order valence-corrected chi connectivity index (χ3v) is 3.89. The van der Waals surface area contributed by atoms with E-state index >= 15 is 0 Å². The molecule has 1 unspecified atom stereocenters. The van der Waals surface area contributed by atoms with Gasteiger partial charge >= 0.3 is 0 Å². The van der Waals surface area contributed by atoms with Gasteiger partial charge in [-0.2, -0.15) is 0 Å². The number of benzene rings is 2. The van der Waals surface area contributed by atoms with Gasteiger partial charge in [0.2, 0.25) is 12.0 Å². The van der Waals surface area contributed by atoms with Gasteiger partial charge in [0.15, 0.2) is 11.5 Å². The molecule has 0 radical (unpaired) electrons. The number of ether oxygens (including phenoxy) is 2. The lowest BCUT2D eigenvalue weighted by Crippen LogP contribution is -2.40.